The van der Waals surface area contributed by atoms with Gasteiger partial charge < -0.3 is 4.74 Å². The lowest BCUT2D eigenvalue weighted by molar-refractivity contribution is 0.0901. The highest BCUT2D eigenvalue weighted by molar-refractivity contribution is 9.11. The van der Waals surface area contributed by atoms with Gasteiger partial charge in [0, 0.05) is 23.5 Å². The van der Waals surface area contributed by atoms with Gasteiger partial charge in [0.1, 0.15) is 0 Å². The molecule has 1 unspecified atom stereocenters. The second kappa shape index (κ2) is 3.90. The van der Waals surface area contributed by atoms with Crippen LogP contribution in [0.15, 0.2) is 15.2 Å². The van der Waals surface area contributed by atoms with Gasteiger partial charge in [0.2, 0.25) is 0 Å². The van der Waals surface area contributed by atoms with Crippen molar-refractivity contribution in [3.05, 3.63) is 20.8 Å². The Hall–Kier alpha value is -0.190. The second-order valence-corrected chi connectivity index (χ2v) is 5.35. The maximum absolute atomic E-state index is 11.8. The van der Waals surface area contributed by atoms with Crippen molar-refractivity contribution in [3.63, 3.8) is 0 Å². The summed E-state index contributed by atoms with van der Waals surface area (Å²) >= 11 is 4.89. The van der Waals surface area contributed by atoms with Crippen molar-refractivity contribution in [2.24, 2.45) is 5.92 Å². The quantitative estimate of drug-likeness (QED) is 0.765. The number of thiophene rings is 1. The van der Waals surface area contributed by atoms with Crippen LogP contribution in [0.4, 0.5) is 0 Å². The lowest BCUT2D eigenvalue weighted by atomic mass is 9.99. The second-order valence-electron chi connectivity index (χ2n) is 3.06. The van der Waals surface area contributed by atoms with E-state index >= 15 is 0 Å². The van der Waals surface area contributed by atoms with Crippen molar-refractivity contribution in [1.29, 1.82) is 0 Å². The van der Waals surface area contributed by atoms with Crippen LogP contribution in [0.3, 0.4) is 0 Å². The number of hydrogen-bond donors (Lipinski definition) is 0. The Morgan fingerprint density at radius 3 is 3.08 bits per heavy atom. The normalized spacial score (nSPS) is 22.1. The average Bonchev–Trinajstić information content (AvgIpc) is 2.72. The Morgan fingerprint density at radius 1 is 1.69 bits per heavy atom. The Bertz CT molecular complexity index is 315. The van der Waals surface area contributed by atoms with Crippen LogP contribution in [-0.4, -0.2) is 19.0 Å². The van der Waals surface area contributed by atoms with Gasteiger partial charge in [0.05, 0.1) is 10.4 Å². The summed E-state index contributed by atoms with van der Waals surface area (Å²) in [6, 6.07) is 1.88. The van der Waals surface area contributed by atoms with Crippen molar-refractivity contribution in [3.8, 4) is 0 Å². The molecule has 1 aliphatic heterocycles. The first kappa shape index (κ1) is 9.37. The van der Waals surface area contributed by atoms with Gasteiger partial charge in [0.25, 0.3) is 0 Å². The molecule has 70 valence electrons. The zero-order chi connectivity index (χ0) is 9.26. The van der Waals surface area contributed by atoms with Gasteiger partial charge in [-0.2, -0.15) is 0 Å². The fourth-order valence-electron chi connectivity index (χ4n) is 1.42. The molecule has 2 nitrogen and oxygen atoms in total. The summed E-state index contributed by atoms with van der Waals surface area (Å²) < 4.78 is 6.19. The molecule has 2 heterocycles. The third-order valence-electron chi connectivity index (χ3n) is 2.15. The Morgan fingerprint density at radius 2 is 2.54 bits per heavy atom. The molecular weight excluding hydrogens is 252 g/mol. The van der Waals surface area contributed by atoms with E-state index in [9.17, 15) is 4.79 Å². The number of hydrogen-bond acceptors (Lipinski definition) is 3. The molecule has 0 aromatic carbocycles. The molecule has 13 heavy (non-hydrogen) atoms. The largest absolute Gasteiger partial charge is 0.381 e. The van der Waals surface area contributed by atoms with E-state index in [2.05, 4.69) is 15.9 Å². The van der Waals surface area contributed by atoms with E-state index in [1.807, 2.05) is 11.4 Å². The summed E-state index contributed by atoms with van der Waals surface area (Å²) in [6.45, 7) is 1.31. The maximum Gasteiger partial charge on any atom is 0.169 e. The van der Waals surface area contributed by atoms with Gasteiger partial charge in [-0.1, -0.05) is 0 Å². The molecule has 1 aromatic rings. The van der Waals surface area contributed by atoms with Gasteiger partial charge in [-0.05, 0) is 28.4 Å². The first-order valence-corrected chi connectivity index (χ1v) is 5.80. The zero-order valence-corrected chi connectivity index (χ0v) is 9.36. The van der Waals surface area contributed by atoms with Gasteiger partial charge in [-0.15, -0.1) is 11.3 Å². The summed E-state index contributed by atoms with van der Waals surface area (Å²) in [4.78, 5) is 11.8. The molecule has 0 amide bonds. The highest BCUT2D eigenvalue weighted by Crippen LogP contribution is 2.25. The van der Waals surface area contributed by atoms with Crippen molar-refractivity contribution in [1.82, 2.24) is 0 Å². The Balaban J connectivity index is 2.12. The van der Waals surface area contributed by atoms with Crippen molar-refractivity contribution in [2.45, 2.75) is 6.42 Å². The summed E-state index contributed by atoms with van der Waals surface area (Å²) in [5.74, 6) is 0.306. The molecule has 1 fully saturated rings. The number of Topliss-reactive ketones (excluding diaryl/α,β-unsaturated/α-hetero) is 1. The summed E-state index contributed by atoms with van der Waals surface area (Å²) in [6.07, 6.45) is 0.867. The molecule has 4 heteroatoms. The topological polar surface area (TPSA) is 26.3 Å². The van der Waals surface area contributed by atoms with Crippen molar-refractivity contribution < 1.29 is 9.53 Å². The number of ketones is 1. The predicted octanol–water partition coefficient (Wildman–Crippen LogP) is 2.73. The molecule has 0 bridgehead atoms. The third kappa shape index (κ3) is 2.00. The van der Waals surface area contributed by atoms with E-state index in [-0.39, 0.29) is 11.7 Å². The standard InChI is InChI=1S/C9H9BrO2S/c10-8-3-7(5-13-8)9(11)6-1-2-12-4-6/h3,5-6H,1-2,4H2. The molecular formula is C9H9BrO2S. The first-order chi connectivity index (χ1) is 6.27. The lowest BCUT2D eigenvalue weighted by Gasteiger charge is -2.02. The highest BCUT2D eigenvalue weighted by atomic mass is 79.9. The molecule has 0 spiro atoms. The van der Waals surface area contributed by atoms with E-state index in [0.29, 0.717) is 6.61 Å². The van der Waals surface area contributed by atoms with Crippen LogP contribution < -0.4 is 0 Å². The zero-order valence-electron chi connectivity index (χ0n) is 6.96. The van der Waals surface area contributed by atoms with Crippen LogP contribution >= 0.6 is 27.3 Å². The maximum atomic E-state index is 11.8. The SMILES string of the molecule is O=C(c1csc(Br)c1)C1CCOC1. The molecule has 0 saturated carbocycles. The number of rotatable bonds is 2. The summed E-state index contributed by atoms with van der Waals surface area (Å²) in [5, 5.41) is 1.89. The van der Waals surface area contributed by atoms with E-state index in [1.165, 1.54) is 0 Å². The first-order valence-electron chi connectivity index (χ1n) is 4.13. The number of halogens is 1. The average molecular weight is 261 g/mol. The molecule has 1 atom stereocenters. The fraction of sp³-hybridized carbons (Fsp3) is 0.444. The van der Waals surface area contributed by atoms with Crippen LogP contribution in [0.25, 0.3) is 0 Å². The van der Waals surface area contributed by atoms with E-state index in [1.54, 1.807) is 11.3 Å². The lowest BCUT2D eigenvalue weighted by Crippen LogP contribution is -2.13. The Labute approximate surface area is 89.0 Å². The summed E-state index contributed by atoms with van der Waals surface area (Å²) in [5.41, 5.74) is 0.812. The van der Waals surface area contributed by atoms with Gasteiger partial charge in [-0.3, -0.25) is 4.79 Å². The fourth-order valence-corrected chi connectivity index (χ4v) is 2.56. The summed E-state index contributed by atoms with van der Waals surface area (Å²) in [7, 11) is 0. The molecule has 1 aromatic heterocycles. The van der Waals surface area contributed by atoms with E-state index in [0.717, 1.165) is 22.4 Å². The monoisotopic (exact) mass is 260 g/mol. The van der Waals surface area contributed by atoms with Crippen LogP contribution in [-0.2, 0) is 4.74 Å². The minimum atomic E-state index is 0.0847. The third-order valence-corrected chi connectivity index (χ3v) is 3.66. The van der Waals surface area contributed by atoms with Gasteiger partial charge in [-0.25, -0.2) is 0 Å². The molecule has 0 N–H and O–H groups in total. The van der Waals surface area contributed by atoms with Crippen LogP contribution in [0.5, 0.6) is 0 Å². The molecule has 0 radical (unpaired) electrons. The van der Waals surface area contributed by atoms with Gasteiger partial charge in [0.15, 0.2) is 5.78 Å². The van der Waals surface area contributed by atoms with Crippen molar-refractivity contribution >= 4 is 33.0 Å². The molecule has 2 rings (SSSR count). The van der Waals surface area contributed by atoms with Crippen molar-refractivity contribution in [2.75, 3.05) is 13.2 Å². The van der Waals surface area contributed by atoms with Crippen LogP contribution in [0, 0.1) is 5.92 Å². The molecule has 1 aliphatic rings. The van der Waals surface area contributed by atoms with E-state index < -0.39 is 0 Å². The Kier molecular flexibility index (Phi) is 2.81. The van der Waals surface area contributed by atoms with E-state index in [4.69, 9.17) is 4.74 Å². The molecule has 0 aliphatic carbocycles. The number of carbonyl (C=O) groups is 1. The minimum Gasteiger partial charge on any atom is -0.381 e. The molecule has 1 saturated heterocycles. The van der Waals surface area contributed by atoms with Crippen LogP contribution in [0.2, 0.25) is 0 Å². The predicted molar refractivity (Wildman–Crippen MR) is 55.3 cm³/mol. The van der Waals surface area contributed by atoms with Gasteiger partial charge >= 0.3 is 0 Å². The van der Waals surface area contributed by atoms with Crippen LogP contribution in [0.1, 0.15) is 16.8 Å². The minimum absolute atomic E-state index is 0.0847. The highest BCUT2D eigenvalue weighted by Gasteiger charge is 2.24. The number of carbonyl (C=O) groups excluding carboxylic acids is 1. The smallest absolute Gasteiger partial charge is 0.169 e. The number of ether oxygens (including phenoxy) is 1.